The van der Waals surface area contributed by atoms with Crippen LogP contribution in [-0.2, 0) is 27.6 Å². The van der Waals surface area contributed by atoms with Gasteiger partial charge in [0.2, 0.25) is 0 Å². The average Bonchev–Trinajstić information content (AvgIpc) is 3.05. The van der Waals surface area contributed by atoms with Gasteiger partial charge in [0.1, 0.15) is 0 Å². The molecule has 0 amide bonds. The molecule has 29 heavy (non-hydrogen) atoms. The van der Waals surface area contributed by atoms with Gasteiger partial charge in [0.25, 0.3) is 10.0 Å². The van der Waals surface area contributed by atoms with Gasteiger partial charge in [-0.15, -0.1) is 0 Å². The van der Waals surface area contributed by atoms with Crippen molar-refractivity contribution in [1.82, 2.24) is 4.98 Å². The number of carbonyl (C=O) groups is 1. The highest BCUT2D eigenvalue weighted by Gasteiger charge is 2.18. The monoisotopic (exact) mass is 414 g/mol. The number of H-pyrrole nitrogens is 1. The van der Waals surface area contributed by atoms with Crippen LogP contribution in [0.3, 0.4) is 0 Å². The highest BCUT2D eigenvalue weighted by atomic mass is 32.2. The Morgan fingerprint density at radius 3 is 2.41 bits per heavy atom. The summed E-state index contributed by atoms with van der Waals surface area (Å²) in [6.07, 6.45) is 2.79. The van der Waals surface area contributed by atoms with E-state index in [1.807, 2.05) is 6.07 Å². The summed E-state index contributed by atoms with van der Waals surface area (Å²) in [7, 11) is -3.76. The van der Waals surface area contributed by atoms with E-state index < -0.39 is 16.0 Å². The first-order valence-corrected chi connectivity index (χ1v) is 11.3. The maximum absolute atomic E-state index is 12.9. The Kier molecular flexibility index (Phi) is 6.27. The van der Waals surface area contributed by atoms with Gasteiger partial charge in [0.05, 0.1) is 17.1 Å². The van der Waals surface area contributed by atoms with E-state index in [1.54, 1.807) is 31.2 Å². The molecule has 7 heteroatoms. The molecule has 2 aromatic carbocycles. The number of carbonyl (C=O) groups excluding carboxylic acids is 1. The van der Waals surface area contributed by atoms with Crippen molar-refractivity contribution in [2.24, 2.45) is 0 Å². The van der Waals surface area contributed by atoms with Crippen molar-refractivity contribution in [3.05, 3.63) is 59.3 Å². The predicted molar refractivity (Wildman–Crippen MR) is 115 cm³/mol. The minimum absolute atomic E-state index is 0.205. The third kappa shape index (κ3) is 4.45. The van der Waals surface area contributed by atoms with Crippen LogP contribution in [0.2, 0.25) is 0 Å². The Morgan fingerprint density at radius 2 is 1.79 bits per heavy atom. The third-order valence-corrected chi connectivity index (χ3v) is 6.16. The standard InChI is InChI=1S/C22H26N2O4S/c1-4-7-20-18(5-2)19-14-17(12-13-21(19)23-20)29(26,27)24-16-10-8-15(9-11-16)22(25)28-6-3/h8-14,23-24H,4-7H2,1-3H3. The van der Waals surface area contributed by atoms with Crippen LogP contribution in [0.25, 0.3) is 10.9 Å². The minimum Gasteiger partial charge on any atom is -0.462 e. The topological polar surface area (TPSA) is 88.3 Å². The molecular formula is C22H26N2O4S. The zero-order valence-electron chi connectivity index (χ0n) is 16.9. The fraction of sp³-hybridized carbons (Fsp3) is 0.318. The van der Waals surface area contributed by atoms with E-state index in [0.717, 1.165) is 35.7 Å². The van der Waals surface area contributed by atoms with E-state index in [2.05, 4.69) is 23.6 Å². The van der Waals surface area contributed by atoms with Gasteiger partial charge in [0.15, 0.2) is 0 Å². The zero-order valence-corrected chi connectivity index (χ0v) is 17.7. The number of aryl methyl sites for hydroxylation is 2. The van der Waals surface area contributed by atoms with Gasteiger partial charge in [-0.1, -0.05) is 20.3 Å². The molecule has 3 aromatic rings. The molecule has 0 saturated carbocycles. The zero-order chi connectivity index (χ0) is 21.0. The Morgan fingerprint density at radius 1 is 1.07 bits per heavy atom. The van der Waals surface area contributed by atoms with Gasteiger partial charge in [-0.25, -0.2) is 13.2 Å². The van der Waals surface area contributed by atoms with Gasteiger partial charge in [0, 0.05) is 22.3 Å². The first-order chi connectivity index (χ1) is 13.9. The van der Waals surface area contributed by atoms with Crippen LogP contribution in [0.1, 0.15) is 48.8 Å². The fourth-order valence-corrected chi connectivity index (χ4v) is 4.50. The molecule has 0 unspecified atom stereocenters. The van der Waals surface area contributed by atoms with Crippen LogP contribution in [0.5, 0.6) is 0 Å². The fourth-order valence-electron chi connectivity index (χ4n) is 3.42. The molecule has 0 aliphatic carbocycles. The van der Waals surface area contributed by atoms with Crippen molar-refractivity contribution in [2.75, 3.05) is 11.3 Å². The average molecular weight is 415 g/mol. The summed E-state index contributed by atoms with van der Waals surface area (Å²) in [5, 5.41) is 0.941. The van der Waals surface area contributed by atoms with Crippen molar-refractivity contribution >= 4 is 32.6 Å². The molecule has 0 radical (unpaired) electrons. The van der Waals surface area contributed by atoms with E-state index in [1.165, 1.54) is 17.8 Å². The van der Waals surface area contributed by atoms with E-state index in [9.17, 15) is 13.2 Å². The number of ether oxygens (including phenoxy) is 1. The second-order valence-electron chi connectivity index (χ2n) is 6.80. The molecule has 2 N–H and O–H groups in total. The first kappa shape index (κ1) is 20.9. The molecule has 0 bridgehead atoms. The number of hydrogen-bond acceptors (Lipinski definition) is 4. The summed E-state index contributed by atoms with van der Waals surface area (Å²) in [4.78, 5) is 15.3. The van der Waals surface area contributed by atoms with Crippen LogP contribution >= 0.6 is 0 Å². The number of aromatic nitrogens is 1. The molecule has 1 aromatic heterocycles. The number of benzene rings is 2. The Bertz CT molecular complexity index is 1120. The second-order valence-corrected chi connectivity index (χ2v) is 8.48. The van der Waals surface area contributed by atoms with Gasteiger partial charge in [-0.05, 0) is 67.8 Å². The van der Waals surface area contributed by atoms with Gasteiger partial charge >= 0.3 is 5.97 Å². The molecule has 0 aliphatic heterocycles. The third-order valence-electron chi connectivity index (χ3n) is 4.78. The molecule has 1 heterocycles. The van der Waals surface area contributed by atoms with Crippen molar-refractivity contribution < 1.29 is 17.9 Å². The maximum atomic E-state index is 12.9. The normalized spacial score (nSPS) is 11.6. The number of anilines is 1. The van der Waals surface area contributed by atoms with E-state index in [-0.39, 0.29) is 11.5 Å². The molecule has 0 atom stereocenters. The SMILES string of the molecule is CCCc1[nH]c2ccc(S(=O)(=O)Nc3ccc(C(=O)OCC)cc3)cc2c1CC. The minimum atomic E-state index is -3.76. The Hall–Kier alpha value is -2.80. The quantitative estimate of drug-likeness (QED) is 0.525. The van der Waals surface area contributed by atoms with Crippen LogP contribution in [-0.4, -0.2) is 26.0 Å². The summed E-state index contributed by atoms with van der Waals surface area (Å²) in [5.41, 5.74) is 4.04. The number of rotatable bonds is 8. The predicted octanol–water partition coefficient (Wildman–Crippen LogP) is 4.66. The summed E-state index contributed by atoms with van der Waals surface area (Å²) in [5.74, 6) is -0.435. The lowest BCUT2D eigenvalue weighted by Gasteiger charge is -2.09. The van der Waals surface area contributed by atoms with E-state index >= 15 is 0 Å². The van der Waals surface area contributed by atoms with Crippen molar-refractivity contribution in [3.8, 4) is 0 Å². The number of hydrogen-bond donors (Lipinski definition) is 2. The number of nitrogens with one attached hydrogen (secondary N) is 2. The lowest BCUT2D eigenvalue weighted by molar-refractivity contribution is 0.0526. The molecule has 0 saturated heterocycles. The highest BCUT2D eigenvalue weighted by Crippen LogP contribution is 2.27. The maximum Gasteiger partial charge on any atom is 0.338 e. The number of esters is 1. The largest absolute Gasteiger partial charge is 0.462 e. The van der Waals surface area contributed by atoms with Crippen LogP contribution in [0.4, 0.5) is 5.69 Å². The number of fused-ring (bicyclic) bond motifs is 1. The van der Waals surface area contributed by atoms with Crippen LogP contribution < -0.4 is 4.72 Å². The molecule has 0 fully saturated rings. The van der Waals surface area contributed by atoms with Gasteiger partial charge < -0.3 is 9.72 Å². The Balaban J connectivity index is 1.89. The first-order valence-electron chi connectivity index (χ1n) is 9.83. The molecule has 0 aliphatic rings. The van der Waals surface area contributed by atoms with Gasteiger partial charge in [-0.3, -0.25) is 4.72 Å². The van der Waals surface area contributed by atoms with Crippen molar-refractivity contribution in [2.45, 2.75) is 44.9 Å². The molecule has 154 valence electrons. The highest BCUT2D eigenvalue weighted by molar-refractivity contribution is 7.92. The summed E-state index contributed by atoms with van der Waals surface area (Å²) >= 11 is 0. The summed E-state index contributed by atoms with van der Waals surface area (Å²) < 4.78 is 33.3. The lowest BCUT2D eigenvalue weighted by Crippen LogP contribution is -2.13. The molecule has 3 rings (SSSR count). The summed E-state index contributed by atoms with van der Waals surface area (Å²) in [6, 6.07) is 11.3. The molecular weight excluding hydrogens is 388 g/mol. The van der Waals surface area contributed by atoms with Crippen LogP contribution in [0.15, 0.2) is 47.4 Å². The van der Waals surface area contributed by atoms with Crippen LogP contribution in [0, 0.1) is 0 Å². The molecule has 0 spiro atoms. The number of sulfonamides is 1. The smallest absolute Gasteiger partial charge is 0.338 e. The second kappa shape index (κ2) is 8.69. The van der Waals surface area contributed by atoms with Crippen molar-refractivity contribution in [3.63, 3.8) is 0 Å². The lowest BCUT2D eigenvalue weighted by atomic mass is 10.1. The van der Waals surface area contributed by atoms with Gasteiger partial charge in [-0.2, -0.15) is 0 Å². The Labute approximate surface area is 171 Å². The van der Waals surface area contributed by atoms with E-state index in [0.29, 0.717) is 11.3 Å². The van der Waals surface area contributed by atoms with E-state index in [4.69, 9.17) is 4.74 Å². The summed E-state index contributed by atoms with van der Waals surface area (Å²) in [6.45, 7) is 6.22. The molecule has 6 nitrogen and oxygen atoms in total. The number of aromatic amines is 1. The van der Waals surface area contributed by atoms with Crippen molar-refractivity contribution in [1.29, 1.82) is 0 Å².